The minimum atomic E-state index is -0.0105. The lowest BCUT2D eigenvalue weighted by atomic mass is 9.99. The van der Waals surface area contributed by atoms with Crippen molar-refractivity contribution >= 4 is 0 Å². The summed E-state index contributed by atoms with van der Waals surface area (Å²) in [4.78, 5) is 4.43. The number of aliphatic hydroxyl groups is 1. The van der Waals surface area contributed by atoms with Crippen LogP contribution in [0.3, 0.4) is 0 Å². The Morgan fingerprint density at radius 1 is 1.32 bits per heavy atom. The third kappa shape index (κ3) is 3.14. The number of nitrogens with zero attached hydrogens (tertiary/aromatic N) is 3. The second-order valence-electron chi connectivity index (χ2n) is 5.71. The van der Waals surface area contributed by atoms with E-state index in [1.165, 1.54) is 5.56 Å². The van der Waals surface area contributed by atoms with Gasteiger partial charge in [0.25, 0.3) is 0 Å². The van der Waals surface area contributed by atoms with Crippen LogP contribution in [0.5, 0.6) is 0 Å². The normalized spacial score (nSPS) is 25.3. The van der Waals surface area contributed by atoms with Gasteiger partial charge in [0, 0.05) is 37.8 Å². The number of β-amino-alcohol motifs (C(OH)–C–C–N with tert-alkyl or cyclic N) is 1. The molecular weight excluding hydrogens is 278 g/mol. The summed E-state index contributed by atoms with van der Waals surface area (Å²) in [5, 5.41) is 18.6. The number of hydrogen-bond donors (Lipinski definition) is 1. The lowest BCUT2D eigenvalue weighted by Crippen LogP contribution is -2.60. The van der Waals surface area contributed by atoms with E-state index >= 15 is 0 Å². The van der Waals surface area contributed by atoms with Gasteiger partial charge >= 0.3 is 0 Å². The minimum absolute atomic E-state index is 0.0105. The molecule has 0 radical (unpaired) electrons. The van der Waals surface area contributed by atoms with Gasteiger partial charge in [0.15, 0.2) is 0 Å². The third-order valence-electron chi connectivity index (χ3n) is 4.24. The van der Waals surface area contributed by atoms with E-state index in [0.29, 0.717) is 19.6 Å². The van der Waals surface area contributed by atoms with Crippen LogP contribution in [0.2, 0.25) is 0 Å². The molecule has 1 saturated heterocycles. The van der Waals surface area contributed by atoms with Gasteiger partial charge in [-0.3, -0.25) is 4.90 Å². The van der Waals surface area contributed by atoms with E-state index in [1.807, 2.05) is 24.4 Å². The first-order valence-electron chi connectivity index (χ1n) is 7.69. The Morgan fingerprint density at radius 3 is 2.86 bits per heavy atom. The average Bonchev–Trinajstić information content (AvgIpc) is 2.56. The maximum absolute atomic E-state index is 9.31. The van der Waals surface area contributed by atoms with E-state index in [4.69, 9.17) is 4.74 Å². The van der Waals surface area contributed by atoms with E-state index in [2.05, 4.69) is 28.0 Å². The van der Waals surface area contributed by atoms with Crippen LogP contribution in [-0.4, -0.2) is 53.5 Å². The smallest absolute Gasteiger partial charge is 0.109 e. The minimum Gasteiger partial charge on any atom is -0.395 e. The predicted molar refractivity (Wildman–Crippen MR) is 82.5 cm³/mol. The van der Waals surface area contributed by atoms with Gasteiger partial charge in [-0.1, -0.05) is 30.3 Å². The van der Waals surface area contributed by atoms with Crippen molar-refractivity contribution in [3.8, 4) is 6.07 Å². The SMILES string of the molecule is N#CC1=CN(Cc2ccccc2)[C@H]2[C@@H](C1)OCCN2CCO. The molecule has 2 atom stereocenters. The van der Waals surface area contributed by atoms with Crippen LogP contribution in [0.1, 0.15) is 12.0 Å². The van der Waals surface area contributed by atoms with Gasteiger partial charge in [-0.15, -0.1) is 0 Å². The summed E-state index contributed by atoms with van der Waals surface area (Å²) in [5.41, 5.74) is 1.95. The molecule has 0 saturated carbocycles. The van der Waals surface area contributed by atoms with Crippen LogP contribution in [0.15, 0.2) is 42.1 Å². The maximum Gasteiger partial charge on any atom is 0.109 e. The molecule has 0 amide bonds. The molecule has 22 heavy (non-hydrogen) atoms. The first-order valence-corrected chi connectivity index (χ1v) is 7.69. The highest BCUT2D eigenvalue weighted by Crippen LogP contribution is 2.29. The Bertz CT molecular complexity index is 565. The molecule has 0 aliphatic carbocycles. The van der Waals surface area contributed by atoms with Crippen LogP contribution in [0.25, 0.3) is 0 Å². The molecule has 0 aromatic heterocycles. The molecule has 0 bridgehead atoms. The number of nitriles is 1. The van der Waals surface area contributed by atoms with Crippen molar-refractivity contribution in [1.82, 2.24) is 9.80 Å². The van der Waals surface area contributed by atoms with Crippen LogP contribution >= 0.6 is 0 Å². The van der Waals surface area contributed by atoms with Crippen molar-refractivity contribution in [1.29, 1.82) is 5.26 Å². The zero-order chi connectivity index (χ0) is 15.4. The number of hydrogen-bond acceptors (Lipinski definition) is 5. The van der Waals surface area contributed by atoms with Crippen molar-refractivity contribution < 1.29 is 9.84 Å². The van der Waals surface area contributed by atoms with Gasteiger partial charge in [0.1, 0.15) is 6.17 Å². The monoisotopic (exact) mass is 299 g/mol. The molecule has 1 N–H and O–H groups in total. The van der Waals surface area contributed by atoms with Gasteiger partial charge in [0.2, 0.25) is 0 Å². The number of rotatable bonds is 4. The zero-order valence-corrected chi connectivity index (χ0v) is 12.6. The molecule has 116 valence electrons. The third-order valence-corrected chi connectivity index (χ3v) is 4.24. The summed E-state index contributed by atoms with van der Waals surface area (Å²) in [6, 6.07) is 12.5. The van der Waals surface area contributed by atoms with Gasteiger partial charge in [-0.25, -0.2) is 0 Å². The zero-order valence-electron chi connectivity index (χ0n) is 12.6. The summed E-state index contributed by atoms with van der Waals surface area (Å²) >= 11 is 0. The van der Waals surface area contributed by atoms with Crippen LogP contribution in [0, 0.1) is 11.3 Å². The van der Waals surface area contributed by atoms with Crippen molar-refractivity contribution in [2.75, 3.05) is 26.3 Å². The Labute approximate surface area is 131 Å². The highest BCUT2D eigenvalue weighted by atomic mass is 16.5. The lowest BCUT2D eigenvalue weighted by molar-refractivity contribution is -0.126. The summed E-state index contributed by atoms with van der Waals surface area (Å²) in [6.45, 7) is 2.96. The molecule has 1 aromatic rings. The average molecular weight is 299 g/mol. The summed E-state index contributed by atoms with van der Waals surface area (Å²) in [7, 11) is 0. The second-order valence-corrected chi connectivity index (χ2v) is 5.71. The van der Waals surface area contributed by atoms with E-state index in [9.17, 15) is 10.4 Å². The highest BCUT2D eigenvalue weighted by Gasteiger charge is 2.38. The van der Waals surface area contributed by atoms with Gasteiger partial charge in [-0.2, -0.15) is 5.26 Å². The number of benzene rings is 1. The van der Waals surface area contributed by atoms with Gasteiger partial charge in [0.05, 0.1) is 25.4 Å². The first kappa shape index (κ1) is 15.0. The number of aliphatic hydroxyl groups excluding tert-OH is 1. The summed E-state index contributed by atoms with van der Waals surface area (Å²) in [5.74, 6) is 0. The molecule has 1 aromatic carbocycles. The quantitative estimate of drug-likeness (QED) is 0.908. The van der Waals surface area contributed by atoms with Crippen molar-refractivity contribution in [3.63, 3.8) is 0 Å². The van der Waals surface area contributed by atoms with Crippen LogP contribution in [0.4, 0.5) is 0 Å². The molecule has 5 nitrogen and oxygen atoms in total. The summed E-state index contributed by atoms with van der Waals surface area (Å²) < 4.78 is 5.90. The van der Waals surface area contributed by atoms with Crippen molar-refractivity contribution in [3.05, 3.63) is 47.7 Å². The van der Waals surface area contributed by atoms with Crippen molar-refractivity contribution in [2.24, 2.45) is 0 Å². The lowest BCUT2D eigenvalue weighted by Gasteiger charge is -2.48. The Kier molecular flexibility index (Phi) is 4.74. The van der Waals surface area contributed by atoms with Crippen LogP contribution < -0.4 is 0 Å². The molecule has 2 aliphatic rings. The Hall–Kier alpha value is -1.87. The highest BCUT2D eigenvalue weighted by molar-refractivity contribution is 5.26. The van der Waals surface area contributed by atoms with Gasteiger partial charge < -0.3 is 14.7 Å². The van der Waals surface area contributed by atoms with E-state index in [-0.39, 0.29) is 18.9 Å². The van der Waals surface area contributed by atoms with Crippen molar-refractivity contribution in [2.45, 2.75) is 25.2 Å². The van der Waals surface area contributed by atoms with E-state index in [1.54, 1.807) is 0 Å². The molecular formula is C17H21N3O2. The molecule has 2 aliphatic heterocycles. The maximum atomic E-state index is 9.31. The summed E-state index contributed by atoms with van der Waals surface area (Å²) in [6.07, 6.45) is 2.67. The standard InChI is InChI=1S/C17H21N3O2/c18-11-15-10-16-17(19(6-8-21)7-9-22-16)20(13-15)12-14-4-2-1-3-5-14/h1-5,13,16-17,21H,6-10,12H2/t16-,17+/m1/s1. The number of fused-ring (bicyclic) bond motifs is 1. The van der Waals surface area contributed by atoms with Gasteiger partial charge in [-0.05, 0) is 5.56 Å². The molecule has 2 heterocycles. The fourth-order valence-electron chi connectivity index (χ4n) is 3.29. The Morgan fingerprint density at radius 2 is 2.14 bits per heavy atom. The number of morpholine rings is 1. The van der Waals surface area contributed by atoms with E-state index in [0.717, 1.165) is 18.7 Å². The topological polar surface area (TPSA) is 59.7 Å². The molecule has 1 fully saturated rings. The first-order chi connectivity index (χ1) is 10.8. The molecule has 3 rings (SSSR count). The largest absolute Gasteiger partial charge is 0.395 e. The molecule has 5 heteroatoms. The second kappa shape index (κ2) is 6.93. The fourth-order valence-corrected chi connectivity index (χ4v) is 3.29. The van der Waals surface area contributed by atoms with Crippen LogP contribution in [-0.2, 0) is 11.3 Å². The van der Waals surface area contributed by atoms with E-state index < -0.39 is 0 Å². The number of ether oxygens (including phenoxy) is 1. The Balaban J connectivity index is 1.86. The molecule has 0 unspecified atom stereocenters. The molecule has 0 spiro atoms. The fraction of sp³-hybridized carbons (Fsp3) is 0.471. The predicted octanol–water partition coefficient (Wildman–Crippen LogP) is 1.32.